The minimum Gasteiger partial charge on any atom is -0.457 e. The quantitative estimate of drug-likeness (QED) is 0.861. The van der Waals surface area contributed by atoms with Gasteiger partial charge in [0, 0.05) is 18.5 Å². The first kappa shape index (κ1) is 15.6. The summed E-state index contributed by atoms with van der Waals surface area (Å²) >= 11 is 0. The number of hydrogen-bond donors (Lipinski definition) is 2. The van der Waals surface area contributed by atoms with E-state index in [1.807, 2.05) is 54.6 Å². The Bertz CT molecular complexity index is 620. The molecule has 0 spiro atoms. The predicted octanol–water partition coefficient (Wildman–Crippen LogP) is 2.49. The van der Waals surface area contributed by atoms with Crippen LogP contribution in [0.1, 0.15) is 19.3 Å². The van der Waals surface area contributed by atoms with Gasteiger partial charge in [-0.25, -0.2) is 0 Å². The maximum atomic E-state index is 12.0. The summed E-state index contributed by atoms with van der Waals surface area (Å²) in [4.78, 5) is 13.5. The molecule has 4 nitrogen and oxygen atoms in total. The van der Waals surface area contributed by atoms with Gasteiger partial charge in [0.2, 0.25) is 5.91 Å². The van der Waals surface area contributed by atoms with Crippen molar-refractivity contribution in [2.45, 2.75) is 19.3 Å². The van der Waals surface area contributed by atoms with E-state index in [-0.39, 0.29) is 5.91 Å². The molecular weight excluding hydrogens is 288 g/mol. The summed E-state index contributed by atoms with van der Waals surface area (Å²) in [5, 5.41) is 2.95. The lowest BCUT2D eigenvalue weighted by Gasteiger charge is -2.12. The van der Waals surface area contributed by atoms with Gasteiger partial charge < -0.3 is 15.0 Å². The molecule has 0 unspecified atom stereocenters. The van der Waals surface area contributed by atoms with Gasteiger partial charge in [0.15, 0.2) is 0 Å². The number of anilines is 1. The Labute approximate surface area is 137 Å². The first-order chi connectivity index (χ1) is 11.3. The summed E-state index contributed by atoms with van der Waals surface area (Å²) in [6.07, 6.45) is 3.16. The van der Waals surface area contributed by atoms with Crippen molar-refractivity contribution in [1.29, 1.82) is 0 Å². The molecule has 0 radical (unpaired) electrons. The fraction of sp³-hybridized carbons (Fsp3) is 0.316. The monoisotopic (exact) mass is 311 g/mol. The van der Waals surface area contributed by atoms with Crippen LogP contribution in [0.25, 0.3) is 0 Å². The van der Waals surface area contributed by atoms with Gasteiger partial charge in [-0.1, -0.05) is 18.2 Å². The molecule has 0 bridgehead atoms. The van der Waals surface area contributed by atoms with Crippen molar-refractivity contribution in [2.24, 2.45) is 0 Å². The normalized spacial score (nSPS) is 14.6. The molecule has 1 aliphatic heterocycles. The van der Waals surface area contributed by atoms with Crippen molar-refractivity contribution < 1.29 is 14.4 Å². The third-order valence-electron chi connectivity index (χ3n) is 4.13. The highest BCUT2D eigenvalue weighted by Crippen LogP contribution is 2.22. The van der Waals surface area contributed by atoms with Crippen LogP contribution in [0, 0.1) is 0 Å². The van der Waals surface area contributed by atoms with Gasteiger partial charge in [0.1, 0.15) is 11.5 Å². The number of carbonyl (C=O) groups excluding carboxylic acids is 1. The highest BCUT2D eigenvalue weighted by molar-refractivity contribution is 5.90. The highest BCUT2D eigenvalue weighted by Gasteiger charge is 2.16. The van der Waals surface area contributed by atoms with Gasteiger partial charge >= 0.3 is 0 Å². The van der Waals surface area contributed by atoms with Gasteiger partial charge in [-0.15, -0.1) is 0 Å². The minimum atomic E-state index is 0.0844. The Hall–Kier alpha value is -2.33. The largest absolute Gasteiger partial charge is 0.457 e. The fourth-order valence-corrected chi connectivity index (χ4v) is 2.87. The van der Waals surface area contributed by atoms with E-state index in [1.54, 1.807) is 4.90 Å². The molecule has 1 aliphatic rings. The van der Waals surface area contributed by atoms with Gasteiger partial charge in [0.05, 0.1) is 26.1 Å². The van der Waals surface area contributed by atoms with Crippen LogP contribution in [0.4, 0.5) is 5.69 Å². The Morgan fingerprint density at radius 2 is 1.61 bits per heavy atom. The maximum Gasteiger partial charge on any atom is 0.230 e. The zero-order valence-electron chi connectivity index (χ0n) is 13.3. The number of rotatable bonds is 6. The molecule has 0 saturated carbocycles. The van der Waals surface area contributed by atoms with E-state index in [0.29, 0.717) is 6.42 Å². The first-order valence-corrected chi connectivity index (χ1v) is 8.26. The van der Waals surface area contributed by atoms with Crippen LogP contribution in [-0.4, -0.2) is 25.5 Å². The summed E-state index contributed by atoms with van der Waals surface area (Å²) < 4.78 is 5.74. The molecule has 1 heterocycles. The number of amides is 1. The Kier molecular flexibility index (Phi) is 5.27. The lowest BCUT2D eigenvalue weighted by atomic mass is 10.2. The number of ether oxygens (including phenoxy) is 1. The van der Waals surface area contributed by atoms with E-state index in [1.165, 1.54) is 25.9 Å². The number of carbonyl (C=O) groups is 1. The van der Waals surface area contributed by atoms with Gasteiger partial charge in [-0.05, 0) is 36.4 Å². The summed E-state index contributed by atoms with van der Waals surface area (Å²) in [5.74, 6) is 1.65. The molecule has 2 aromatic carbocycles. The first-order valence-electron chi connectivity index (χ1n) is 8.26. The molecule has 0 atom stereocenters. The SMILES string of the molecule is O=C(CC[NH+]1CCCC1)Nc1ccc(Oc2ccccc2)cc1. The Morgan fingerprint density at radius 3 is 2.30 bits per heavy atom. The predicted molar refractivity (Wildman–Crippen MR) is 91.0 cm³/mol. The standard InChI is InChI=1S/C19H22N2O2/c22-19(12-15-21-13-4-5-14-21)20-16-8-10-18(11-9-16)23-17-6-2-1-3-7-17/h1-3,6-11H,4-5,12-15H2,(H,20,22)/p+1. The summed E-state index contributed by atoms with van der Waals surface area (Å²) in [6.45, 7) is 3.35. The highest BCUT2D eigenvalue weighted by atomic mass is 16.5. The van der Waals surface area contributed by atoms with Gasteiger partial charge in [-0.3, -0.25) is 4.79 Å². The number of para-hydroxylation sites is 1. The smallest absolute Gasteiger partial charge is 0.230 e. The third-order valence-corrected chi connectivity index (χ3v) is 4.13. The molecular formula is C19H23N2O2+. The number of benzene rings is 2. The maximum absolute atomic E-state index is 12.0. The van der Waals surface area contributed by atoms with Crippen molar-refractivity contribution in [2.75, 3.05) is 25.0 Å². The molecule has 4 heteroatoms. The molecule has 2 aromatic rings. The van der Waals surface area contributed by atoms with Crippen molar-refractivity contribution in [1.82, 2.24) is 0 Å². The van der Waals surface area contributed by atoms with Crippen LogP contribution in [0.5, 0.6) is 11.5 Å². The van der Waals surface area contributed by atoms with Gasteiger partial charge in [-0.2, -0.15) is 0 Å². The Balaban J connectivity index is 1.47. The molecule has 0 aliphatic carbocycles. The molecule has 1 fully saturated rings. The second kappa shape index (κ2) is 7.79. The van der Waals surface area contributed by atoms with Crippen LogP contribution in [0.2, 0.25) is 0 Å². The molecule has 120 valence electrons. The molecule has 1 amide bonds. The van der Waals surface area contributed by atoms with E-state index in [2.05, 4.69) is 5.32 Å². The van der Waals surface area contributed by atoms with Gasteiger partial charge in [0.25, 0.3) is 0 Å². The zero-order chi connectivity index (χ0) is 15.9. The number of nitrogens with one attached hydrogen (secondary N) is 2. The van der Waals surface area contributed by atoms with E-state index >= 15 is 0 Å². The van der Waals surface area contributed by atoms with E-state index < -0.39 is 0 Å². The van der Waals surface area contributed by atoms with Crippen LogP contribution >= 0.6 is 0 Å². The summed E-state index contributed by atoms with van der Waals surface area (Å²) in [7, 11) is 0. The number of hydrogen-bond acceptors (Lipinski definition) is 2. The summed E-state index contributed by atoms with van der Waals surface area (Å²) in [6, 6.07) is 17.1. The second-order valence-corrected chi connectivity index (χ2v) is 5.94. The molecule has 1 saturated heterocycles. The molecule has 23 heavy (non-hydrogen) atoms. The van der Waals surface area contributed by atoms with Crippen molar-refractivity contribution in [3.8, 4) is 11.5 Å². The number of likely N-dealkylation sites (tertiary alicyclic amines) is 1. The topological polar surface area (TPSA) is 42.8 Å². The Morgan fingerprint density at radius 1 is 0.957 bits per heavy atom. The van der Waals surface area contributed by atoms with E-state index in [4.69, 9.17) is 4.74 Å². The average molecular weight is 311 g/mol. The summed E-state index contributed by atoms with van der Waals surface area (Å²) in [5.41, 5.74) is 0.812. The second-order valence-electron chi connectivity index (χ2n) is 5.94. The van der Waals surface area contributed by atoms with E-state index in [0.717, 1.165) is 23.7 Å². The molecule has 3 rings (SSSR count). The third kappa shape index (κ3) is 4.83. The van der Waals surface area contributed by atoms with E-state index in [9.17, 15) is 4.79 Å². The van der Waals surface area contributed by atoms with Crippen LogP contribution in [-0.2, 0) is 4.79 Å². The average Bonchev–Trinajstić information content (AvgIpc) is 3.09. The lowest BCUT2D eigenvalue weighted by molar-refractivity contribution is -0.886. The van der Waals surface area contributed by atoms with Crippen LogP contribution in [0.15, 0.2) is 54.6 Å². The van der Waals surface area contributed by atoms with Crippen molar-refractivity contribution in [3.63, 3.8) is 0 Å². The van der Waals surface area contributed by atoms with Crippen molar-refractivity contribution in [3.05, 3.63) is 54.6 Å². The van der Waals surface area contributed by atoms with Crippen LogP contribution in [0.3, 0.4) is 0 Å². The number of quaternary nitrogens is 1. The zero-order valence-corrected chi connectivity index (χ0v) is 13.3. The minimum absolute atomic E-state index is 0.0844. The fourth-order valence-electron chi connectivity index (χ4n) is 2.87. The molecule has 0 aromatic heterocycles. The van der Waals surface area contributed by atoms with Crippen LogP contribution < -0.4 is 15.0 Å². The molecule has 2 N–H and O–H groups in total. The lowest BCUT2D eigenvalue weighted by Crippen LogP contribution is -3.10. The van der Waals surface area contributed by atoms with Crippen molar-refractivity contribution >= 4 is 11.6 Å².